The molecule has 1 fully saturated rings. The lowest BCUT2D eigenvalue weighted by molar-refractivity contribution is -0.127. The van der Waals surface area contributed by atoms with E-state index in [2.05, 4.69) is 6.92 Å². The van der Waals surface area contributed by atoms with Crippen LogP contribution >= 0.6 is 0 Å². The smallest absolute Gasteiger partial charge is 0.153 e. The largest absolute Gasteiger partial charge is 0.321 e. The third-order valence-corrected chi connectivity index (χ3v) is 3.66. The van der Waals surface area contributed by atoms with E-state index in [0.717, 1.165) is 18.8 Å². The quantitative estimate of drug-likeness (QED) is 0.763. The van der Waals surface area contributed by atoms with Gasteiger partial charge < -0.3 is 5.73 Å². The van der Waals surface area contributed by atoms with E-state index < -0.39 is 0 Å². The highest BCUT2D eigenvalue weighted by atomic mass is 16.1. The molecule has 0 bridgehead atoms. The first kappa shape index (κ1) is 12.7. The highest BCUT2D eigenvalue weighted by molar-refractivity contribution is 5.86. The Hall–Kier alpha value is -0.370. The van der Waals surface area contributed by atoms with Gasteiger partial charge in [-0.1, -0.05) is 40.5 Å². The maximum absolute atomic E-state index is 12.1. The van der Waals surface area contributed by atoms with Crippen molar-refractivity contribution in [2.45, 2.75) is 59.4 Å². The van der Waals surface area contributed by atoms with Crippen molar-refractivity contribution < 1.29 is 4.79 Å². The lowest BCUT2D eigenvalue weighted by atomic mass is 9.74. The summed E-state index contributed by atoms with van der Waals surface area (Å²) in [6.45, 7) is 8.40. The van der Waals surface area contributed by atoms with Crippen molar-refractivity contribution in [3.05, 3.63) is 0 Å². The van der Waals surface area contributed by atoms with Gasteiger partial charge in [0, 0.05) is 5.92 Å². The van der Waals surface area contributed by atoms with Crippen LogP contribution in [0.15, 0.2) is 0 Å². The van der Waals surface area contributed by atoms with Crippen LogP contribution in [0.1, 0.15) is 53.4 Å². The van der Waals surface area contributed by atoms with Crippen LogP contribution < -0.4 is 5.73 Å². The third-order valence-electron chi connectivity index (χ3n) is 3.66. The zero-order valence-corrected chi connectivity index (χ0v) is 10.5. The summed E-state index contributed by atoms with van der Waals surface area (Å²) in [7, 11) is 0. The van der Waals surface area contributed by atoms with Crippen molar-refractivity contribution in [2.75, 3.05) is 0 Å². The molecule has 0 saturated heterocycles. The van der Waals surface area contributed by atoms with Crippen LogP contribution in [0, 0.1) is 17.3 Å². The zero-order valence-electron chi connectivity index (χ0n) is 10.5. The highest BCUT2D eigenvalue weighted by Crippen LogP contribution is 2.31. The molecule has 0 heterocycles. The molecule has 88 valence electrons. The molecular weight excluding hydrogens is 186 g/mol. The van der Waals surface area contributed by atoms with Crippen LogP contribution in [0.4, 0.5) is 0 Å². The summed E-state index contributed by atoms with van der Waals surface area (Å²) in [6, 6.07) is -0.295. The summed E-state index contributed by atoms with van der Waals surface area (Å²) < 4.78 is 0. The average molecular weight is 211 g/mol. The molecule has 0 aromatic carbocycles. The minimum Gasteiger partial charge on any atom is -0.321 e. The Labute approximate surface area is 93.6 Å². The predicted molar refractivity (Wildman–Crippen MR) is 63.6 cm³/mol. The summed E-state index contributed by atoms with van der Waals surface area (Å²) in [5.74, 6) is 1.31. The molecule has 1 aliphatic carbocycles. The molecule has 0 spiro atoms. The maximum atomic E-state index is 12.1. The number of ketones is 1. The molecule has 1 unspecified atom stereocenters. The number of Topliss-reactive ketones (excluding diaryl/α,β-unsaturated/α-hetero) is 1. The van der Waals surface area contributed by atoms with Gasteiger partial charge in [-0.15, -0.1) is 0 Å². The van der Waals surface area contributed by atoms with Crippen LogP contribution in [-0.2, 0) is 4.79 Å². The molecule has 2 nitrogen and oxygen atoms in total. The number of carbonyl (C=O) groups excluding carboxylic acids is 1. The summed E-state index contributed by atoms with van der Waals surface area (Å²) in [5, 5.41) is 0. The molecule has 1 rings (SSSR count). The minimum atomic E-state index is -0.295. The van der Waals surface area contributed by atoms with Crippen molar-refractivity contribution in [1.29, 1.82) is 0 Å². The first-order chi connectivity index (χ1) is 6.82. The fourth-order valence-corrected chi connectivity index (χ4v) is 2.23. The number of carbonyl (C=O) groups is 1. The van der Waals surface area contributed by atoms with Gasteiger partial charge in [0.05, 0.1) is 6.04 Å². The van der Waals surface area contributed by atoms with Crippen LogP contribution in [0.2, 0.25) is 0 Å². The molecule has 2 heteroatoms. The number of hydrogen-bond donors (Lipinski definition) is 1. The van der Waals surface area contributed by atoms with Gasteiger partial charge >= 0.3 is 0 Å². The molecule has 1 saturated carbocycles. The van der Waals surface area contributed by atoms with Crippen molar-refractivity contribution in [1.82, 2.24) is 0 Å². The number of nitrogens with two attached hydrogens (primary N) is 1. The van der Waals surface area contributed by atoms with Crippen LogP contribution in [0.3, 0.4) is 0 Å². The lowest BCUT2D eigenvalue weighted by Gasteiger charge is -2.32. The van der Waals surface area contributed by atoms with Gasteiger partial charge in [0.2, 0.25) is 0 Å². The Morgan fingerprint density at radius 2 is 1.67 bits per heavy atom. The Balaban J connectivity index is 2.54. The molecule has 15 heavy (non-hydrogen) atoms. The highest BCUT2D eigenvalue weighted by Gasteiger charge is 2.33. The summed E-state index contributed by atoms with van der Waals surface area (Å²) in [6.07, 6.45) is 4.47. The molecule has 2 N–H and O–H groups in total. The summed E-state index contributed by atoms with van der Waals surface area (Å²) in [5.41, 5.74) is 5.91. The van der Waals surface area contributed by atoms with Crippen LogP contribution in [-0.4, -0.2) is 11.8 Å². The maximum Gasteiger partial charge on any atom is 0.153 e. The average Bonchev–Trinajstić information content (AvgIpc) is 2.15. The molecule has 0 aliphatic heterocycles. The Morgan fingerprint density at radius 1 is 1.20 bits per heavy atom. The molecular formula is C13H25NO. The first-order valence-corrected chi connectivity index (χ1v) is 6.11. The van der Waals surface area contributed by atoms with Crippen LogP contribution in [0.5, 0.6) is 0 Å². The van der Waals surface area contributed by atoms with Gasteiger partial charge in [0.25, 0.3) is 0 Å². The van der Waals surface area contributed by atoms with Gasteiger partial charge in [-0.25, -0.2) is 0 Å². The van der Waals surface area contributed by atoms with Gasteiger partial charge in [-0.05, 0) is 24.2 Å². The van der Waals surface area contributed by atoms with E-state index in [1.165, 1.54) is 12.8 Å². The zero-order chi connectivity index (χ0) is 11.6. The van der Waals surface area contributed by atoms with Gasteiger partial charge in [0.1, 0.15) is 0 Å². The van der Waals surface area contributed by atoms with Gasteiger partial charge in [0.15, 0.2) is 5.78 Å². The number of hydrogen-bond acceptors (Lipinski definition) is 2. The molecule has 0 aromatic heterocycles. The summed E-state index contributed by atoms with van der Waals surface area (Å²) >= 11 is 0. The second kappa shape index (κ2) is 4.65. The third kappa shape index (κ3) is 3.30. The van der Waals surface area contributed by atoms with Crippen molar-refractivity contribution in [2.24, 2.45) is 23.0 Å². The van der Waals surface area contributed by atoms with E-state index >= 15 is 0 Å². The second-order valence-electron chi connectivity index (χ2n) is 6.20. The SMILES string of the molecule is CC1CCC(C(=O)C(N)C(C)(C)C)CC1. The molecule has 0 aromatic rings. The molecule has 1 atom stereocenters. The Bertz CT molecular complexity index is 221. The van der Waals surface area contributed by atoms with E-state index in [0.29, 0.717) is 0 Å². The Morgan fingerprint density at radius 3 is 2.07 bits per heavy atom. The van der Waals surface area contributed by atoms with Crippen LogP contribution in [0.25, 0.3) is 0 Å². The van der Waals surface area contributed by atoms with E-state index in [1.54, 1.807) is 0 Å². The standard InChI is InChI=1S/C13H25NO/c1-9-5-7-10(8-6-9)11(15)12(14)13(2,3)4/h9-10,12H,5-8,14H2,1-4H3. The van der Waals surface area contributed by atoms with Crippen molar-refractivity contribution >= 4 is 5.78 Å². The van der Waals surface area contributed by atoms with Crippen molar-refractivity contribution in [3.63, 3.8) is 0 Å². The first-order valence-electron chi connectivity index (χ1n) is 6.11. The van der Waals surface area contributed by atoms with E-state index in [-0.39, 0.29) is 23.2 Å². The summed E-state index contributed by atoms with van der Waals surface area (Å²) in [4.78, 5) is 12.1. The van der Waals surface area contributed by atoms with Crippen molar-refractivity contribution in [3.8, 4) is 0 Å². The fraction of sp³-hybridized carbons (Fsp3) is 0.923. The number of rotatable bonds is 2. The Kier molecular flexibility index (Phi) is 3.93. The normalized spacial score (nSPS) is 29.9. The molecule has 0 radical (unpaired) electrons. The monoisotopic (exact) mass is 211 g/mol. The van der Waals surface area contributed by atoms with Gasteiger partial charge in [-0.3, -0.25) is 4.79 Å². The lowest BCUT2D eigenvalue weighted by Crippen LogP contribution is -2.45. The topological polar surface area (TPSA) is 43.1 Å². The molecule has 1 aliphatic rings. The van der Waals surface area contributed by atoms with E-state index in [9.17, 15) is 4.79 Å². The van der Waals surface area contributed by atoms with E-state index in [4.69, 9.17) is 5.73 Å². The minimum absolute atomic E-state index is 0.0971. The predicted octanol–water partition coefficient (Wildman–Crippen LogP) is 2.76. The molecule has 0 amide bonds. The van der Waals surface area contributed by atoms with Gasteiger partial charge in [-0.2, -0.15) is 0 Å². The van der Waals surface area contributed by atoms with E-state index in [1.807, 2.05) is 20.8 Å². The second-order valence-corrected chi connectivity index (χ2v) is 6.20. The fourth-order valence-electron chi connectivity index (χ4n) is 2.23.